The average molecular weight is 223 g/mol. The molecule has 0 amide bonds. The number of methoxy groups -OCH3 is 1. The van der Waals surface area contributed by atoms with E-state index in [1.807, 2.05) is 12.1 Å². The molecule has 0 aliphatic rings. The standard InChI is InChI=1S/C12H21N3O/c1-9(2)6-11(8-13)15-10-4-5-14-12(7-10)16-3/h4-5,7,9,11H,6,8,13H2,1-3H3,(H,14,15). The molecule has 1 aromatic heterocycles. The van der Waals surface area contributed by atoms with Gasteiger partial charge in [0.25, 0.3) is 0 Å². The maximum absolute atomic E-state index is 5.73. The number of anilines is 1. The summed E-state index contributed by atoms with van der Waals surface area (Å²) in [7, 11) is 1.61. The average Bonchev–Trinajstić information content (AvgIpc) is 2.28. The van der Waals surface area contributed by atoms with Crippen molar-refractivity contribution in [3.8, 4) is 5.88 Å². The summed E-state index contributed by atoms with van der Waals surface area (Å²) in [4.78, 5) is 4.06. The Hall–Kier alpha value is -1.29. The molecule has 1 aromatic rings. The van der Waals surface area contributed by atoms with E-state index in [9.17, 15) is 0 Å². The molecule has 0 spiro atoms. The molecular weight excluding hydrogens is 202 g/mol. The van der Waals surface area contributed by atoms with Gasteiger partial charge in [0.2, 0.25) is 5.88 Å². The summed E-state index contributed by atoms with van der Waals surface area (Å²) in [5.74, 6) is 1.25. The molecule has 90 valence electrons. The highest BCUT2D eigenvalue weighted by molar-refractivity contribution is 5.45. The Morgan fingerprint density at radius 2 is 2.25 bits per heavy atom. The number of pyridine rings is 1. The summed E-state index contributed by atoms with van der Waals surface area (Å²) >= 11 is 0. The van der Waals surface area contributed by atoms with E-state index in [1.165, 1.54) is 0 Å². The predicted molar refractivity (Wildman–Crippen MR) is 66.7 cm³/mol. The van der Waals surface area contributed by atoms with E-state index >= 15 is 0 Å². The quantitative estimate of drug-likeness (QED) is 0.773. The highest BCUT2D eigenvalue weighted by atomic mass is 16.5. The van der Waals surface area contributed by atoms with Crippen molar-refractivity contribution < 1.29 is 4.74 Å². The third-order valence-electron chi connectivity index (χ3n) is 2.36. The molecule has 0 radical (unpaired) electrons. The van der Waals surface area contributed by atoms with Crippen molar-refractivity contribution in [1.82, 2.24) is 4.98 Å². The zero-order valence-corrected chi connectivity index (χ0v) is 10.2. The Morgan fingerprint density at radius 3 is 2.81 bits per heavy atom. The summed E-state index contributed by atoms with van der Waals surface area (Å²) in [5.41, 5.74) is 6.73. The van der Waals surface area contributed by atoms with Crippen LogP contribution in [0, 0.1) is 5.92 Å². The van der Waals surface area contributed by atoms with Crippen LogP contribution >= 0.6 is 0 Å². The highest BCUT2D eigenvalue weighted by Gasteiger charge is 2.09. The van der Waals surface area contributed by atoms with Gasteiger partial charge < -0.3 is 15.8 Å². The molecule has 0 fully saturated rings. The number of rotatable bonds is 6. The van der Waals surface area contributed by atoms with E-state index in [-0.39, 0.29) is 0 Å². The second kappa shape index (κ2) is 6.33. The van der Waals surface area contributed by atoms with Crippen LogP contribution in [0.25, 0.3) is 0 Å². The molecule has 0 aliphatic heterocycles. The number of nitrogens with one attached hydrogen (secondary N) is 1. The van der Waals surface area contributed by atoms with E-state index in [4.69, 9.17) is 10.5 Å². The van der Waals surface area contributed by atoms with Crippen LogP contribution in [0.5, 0.6) is 5.88 Å². The normalized spacial score (nSPS) is 12.6. The largest absolute Gasteiger partial charge is 0.481 e. The topological polar surface area (TPSA) is 60.2 Å². The van der Waals surface area contributed by atoms with E-state index in [0.29, 0.717) is 24.4 Å². The Kier molecular flexibility index (Phi) is 5.05. The van der Waals surface area contributed by atoms with Gasteiger partial charge in [-0.05, 0) is 18.4 Å². The first-order valence-corrected chi connectivity index (χ1v) is 5.62. The molecule has 1 unspecified atom stereocenters. The van der Waals surface area contributed by atoms with Gasteiger partial charge in [-0.2, -0.15) is 0 Å². The molecule has 16 heavy (non-hydrogen) atoms. The molecule has 3 N–H and O–H groups in total. The molecule has 4 heteroatoms. The van der Waals surface area contributed by atoms with E-state index in [1.54, 1.807) is 13.3 Å². The van der Waals surface area contributed by atoms with Gasteiger partial charge in [0.15, 0.2) is 0 Å². The van der Waals surface area contributed by atoms with Crippen molar-refractivity contribution in [1.29, 1.82) is 0 Å². The summed E-state index contributed by atoms with van der Waals surface area (Å²) in [6.45, 7) is 5.01. The molecule has 1 heterocycles. The predicted octanol–water partition coefficient (Wildman–Crippen LogP) is 1.88. The fourth-order valence-corrected chi connectivity index (χ4v) is 1.63. The van der Waals surface area contributed by atoms with Crippen molar-refractivity contribution in [2.24, 2.45) is 11.7 Å². The van der Waals surface area contributed by atoms with Gasteiger partial charge in [-0.1, -0.05) is 13.8 Å². The summed E-state index contributed by atoms with van der Waals surface area (Å²) < 4.78 is 5.07. The van der Waals surface area contributed by atoms with Crippen LogP contribution in [-0.2, 0) is 0 Å². The van der Waals surface area contributed by atoms with Gasteiger partial charge in [0.1, 0.15) is 0 Å². The van der Waals surface area contributed by atoms with Crippen molar-refractivity contribution in [2.45, 2.75) is 26.3 Å². The molecule has 0 saturated heterocycles. The van der Waals surface area contributed by atoms with Gasteiger partial charge in [0, 0.05) is 30.5 Å². The third-order valence-corrected chi connectivity index (χ3v) is 2.36. The lowest BCUT2D eigenvalue weighted by Gasteiger charge is -2.20. The van der Waals surface area contributed by atoms with E-state index in [0.717, 1.165) is 12.1 Å². The van der Waals surface area contributed by atoms with Gasteiger partial charge in [0.05, 0.1) is 7.11 Å². The van der Waals surface area contributed by atoms with Crippen molar-refractivity contribution in [3.05, 3.63) is 18.3 Å². The SMILES string of the molecule is COc1cc(NC(CN)CC(C)C)ccn1. The van der Waals surface area contributed by atoms with Crippen molar-refractivity contribution in [3.63, 3.8) is 0 Å². The van der Waals surface area contributed by atoms with Crippen molar-refractivity contribution >= 4 is 5.69 Å². The number of nitrogens with zero attached hydrogens (tertiary/aromatic N) is 1. The Bertz CT molecular complexity index is 315. The monoisotopic (exact) mass is 223 g/mol. The van der Waals surface area contributed by atoms with Crippen LogP contribution in [-0.4, -0.2) is 24.7 Å². The van der Waals surface area contributed by atoms with Crippen LogP contribution in [0.2, 0.25) is 0 Å². The summed E-state index contributed by atoms with van der Waals surface area (Å²) in [6.07, 6.45) is 2.78. The van der Waals surface area contributed by atoms with Crippen LogP contribution in [0.4, 0.5) is 5.69 Å². The Balaban J connectivity index is 2.62. The summed E-state index contributed by atoms with van der Waals surface area (Å²) in [6, 6.07) is 4.10. The van der Waals surface area contributed by atoms with Gasteiger partial charge in [-0.3, -0.25) is 0 Å². The first-order valence-electron chi connectivity index (χ1n) is 5.62. The molecule has 0 aliphatic carbocycles. The lowest BCUT2D eigenvalue weighted by atomic mass is 10.0. The lowest BCUT2D eigenvalue weighted by Crippen LogP contribution is -2.30. The van der Waals surface area contributed by atoms with E-state index in [2.05, 4.69) is 24.1 Å². The molecule has 1 rings (SSSR count). The second-order valence-corrected chi connectivity index (χ2v) is 4.29. The molecule has 0 aromatic carbocycles. The van der Waals surface area contributed by atoms with Crippen LogP contribution in [0.15, 0.2) is 18.3 Å². The maximum Gasteiger partial charge on any atom is 0.214 e. The van der Waals surface area contributed by atoms with Gasteiger partial charge in [-0.25, -0.2) is 4.98 Å². The first-order chi connectivity index (χ1) is 7.65. The lowest BCUT2D eigenvalue weighted by molar-refractivity contribution is 0.398. The minimum atomic E-state index is 0.298. The first kappa shape index (κ1) is 12.8. The van der Waals surface area contributed by atoms with E-state index < -0.39 is 0 Å². The molecule has 0 bridgehead atoms. The third kappa shape index (κ3) is 4.06. The van der Waals surface area contributed by atoms with Gasteiger partial charge in [-0.15, -0.1) is 0 Å². The van der Waals surface area contributed by atoms with Crippen molar-refractivity contribution in [2.75, 3.05) is 19.0 Å². The smallest absolute Gasteiger partial charge is 0.214 e. The zero-order valence-electron chi connectivity index (χ0n) is 10.2. The zero-order chi connectivity index (χ0) is 12.0. The number of hydrogen-bond donors (Lipinski definition) is 2. The highest BCUT2D eigenvalue weighted by Crippen LogP contribution is 2.16. The molecule has 4 nitrogen and oxygen atoms in total. The fraction of sp³-hybridized carbons (Fsp3) is 0.583. The minimum absolute atomic E-state index is 0.298. The van der Waals surface area contributed by atoms with Crippen LogP contribution in [0.1, 0.15) is 20.3 Å². The second-order valence-electron chi connectivity index (χ2n) is 4.29. The number of ether oxygens (including phenoxy) is 1. The Morgan fingerprint density at radius 1 is 1.50 bits per heavy atom. The molecule has 0 saturated carbocycles. The van der Waals surface area contributed by atoms with Crippen LogP contribution in [0.3, 0.4) is 0 Å². The number of nitrogens with two attached hydrogens (primary N) is 1. The Labute approximate surface area is 97.2 Å². The number of hydrogen-bond acceptors (Lipinski definition) is 4. The summed E-state index contributed by atoms with van der Waals surface area (Å²) in [5, 5.41) is 3.39. The van der Waals surface area contributed by atoms with Crippen LogP contribution < -0.4 is 15.8 Å². The fourth-order valence-electron chi connectivity index (χ4n) is 1.63. The van der Waals surface area contributed by atoms with Gasteiger partial charge >= 0.3 is 0 Å². The maximum atomic E-state index is 5.73. The number of aromatic nitrogens is 1. The molecule has 1 atom stereocenters. The minimum Gasteiger partial charge on any atom is -0.481 e. The molecular formula is C12H21N3O.